The molecule has 3 rings (SSSR count). The van der Waals surface area contributed by atoms with Crippen LogP contribution in [0.4, 0.5) is 8.78 Å². The summed E-state index contributed by atoms with van der Waals surface area (Å²) >= 11 is 0. The van der Waals surface area contributed by atoms with Crippen LogP contribution in [0, 0.1) is 11.6 Å². The molecule has 8 heteroatoms. The van der Waals surface area contributed by atoms with E-state index in [0.29, 0.717) is 24.3 Å². The molecule has 0 aromatic heterocycles. The Labute approximate surface area is 202 Å². The second kappa shape index (κ2) is 14.4. The summed E-state index contributed by atoms with van der Waals surface area (Å²) < 4.78 is 27.0. The maximum atomic E-state index is 13.8. The number of nitrogens with zero attached hydrogens (tertiary/aromatic N) is 1. The SMILES string of the molecule is CCN(CCc1ccccc1)OCc1ccc(F)cc1-c1ccc(F)cc1.O=C([O-])C=CC(=O)[O-]. The maximum absolute atomic E-state index is 13.8. The number of carbonyl (C=O) groups is 2. The molecule has 0 aliphatic rings. The number of halogens is 2. The van der Waals surface area contributed by atoms with E-state index in [-0.39, 0.29) is 11.6 Å². The highest BCUT2D eigenvalue weighted by molar-refractivity contribution is 5.87. The Kier molecular flexibility index (Phi) is 11.3. The number of hydrogen-bond acceptors (Lipinski definition) is 6. The highest BCUT2D eigenvalue weighted by Crippen LogP contribution is 2.26. The summed E-state index contributed by atoms with van der Waals surface area (Å²) in [5.41, 5.74) is 3.60. The standard InChI is InChI=1S/C23H23F2NO.C4H4O4/c1-2-26(15-14-18-6-4-3-5-7-18)27-17-20-10-13-22(25)16-23(20)19-8-11-21(24)12-9-19;5-3(6)1-2-4(7)8/h3-13,16H,2,14-15,17H2,1H3;1-2H,(H,5,6)(H,7,8)/p-2. The lowest BCUT2D eigenvalue weighted by Gasteiger charge is -2.21. The van der Waals surface area contributed by atoms with Crippen LogP contribution in [0.2, 0.25) is 0 Å². The van der Waals surface area contributed by atoms with Crippen LogP contribution in [-0.2, 0) is 27.5 Å². The monoisotopic (exact) mass is 481 g/mol. The fourth-order valence-electron chi connectivity index (χ4n) is 3.08. The van der Waals surface area contributed by atoms with Crippen molar-refractivity contribution in [2.45, 2.75) is 20.0 Å². The fourth-order valence-corrected chi connectivity index (χ4v) is 3.08. The Balaban J connectivity index is 0.000000466. The summed E-state index contributed by atoms with van der Waals surface area (Å²) in [4.78, 5) is 24.8. The Morgan fingerprint density at radius 1 is 0.886 bits per heavy atom. The highest BCUT2D eigenvalue weighted by Gasteiger charge is 2.10. The first-order chi connectivity index (χ1) is 16.8. The zero-order chi connectivity index (χ0) is 25.6. The van der Waals surface area contributed by atoms with E-state index in [0.717, 1.165) is 30.6 Å². The molecular weight excluding hydrogens is 456 g/mol. The molecule has 0 aliphatic heterocycles. The summed E-state index contributed by atoms with van der Waals surface area (Å²) in [5.74, 6) is -3.73. The first-order valence-electron chi connectivity index (χ1n) is 10.8. The molecule has 0 saturated heterocycles. The van der Waals surface area contributed by atoms with Crippen LogP contribution in [0.25, 0.3) is 11.1 Å². The van der Waals surface area contributed by atoms with Crippen LogP contribution in [0.3, 0.4) is 0 Å². The number of likely N-dealkylation sites (N-methyl/N-ethyl adjacent to an activating group) is 1. The van der Waals surface area contributed by atoms with Gasteiger partial charge in [0.05, 0.1) is 18.5 Å². The van der Waals surface area contributed by atoms with Crippen molar-refractivity contribution >= 4 is 11.9 Å². The van der Waals surface area contributed by atoms with Gasteiger partial charge >= 0.3 is 0 Å². The summed E-state index contributed by atoms with van der Waals surface area (Å²) in [6.07, 6.45) is 1.66. The van der Waals surface area contributed by atoms with E-state index in [9.17, 15) is 28.6 Å². The Morgan fingerprint density at radius 3 is 2.06 bits per heavy atom. The minimum Gasteiger partial charge on any atom is -0.545 e. The predicted octanol–water partition coefficient (Wildman–Crippen LogP) is 2.67. The predicted molar refractivity (Wildman–Crippen MR) is 123 cm³/mol. The van der Waals surface area contributed by atoms with Crippen molar-refractivity contribution in [1.29, 1.82) is 0 Å². The number of carboxylic acid groups (broad SMARTS) is 2. The second-order valence-electron chi connectivity index (χ2n) is 7.31. The van der Waals surface area contributed by atoms with Gasteiger partial charge in [0.15, 0.2) is 0 Å². The number of aliphatic carboxylic acids is 2. The summed E-state index contributed by atoms with van der Waals surface area (Å²) in [7, 11) is 0. The molecule has 3 aromatic rings. The number of hydroxylamine groups is 2. The van der Waals surface area contributed by atoms with Crippen LogP contribution in [0.1, 0.15) is 18.1 Å². The van der Waals surface area contributed by atoms with Crippen molar-refractivity contribution in [1.82, 2.24) is 5.06 Å². The maximum Gasteiger partial charge on any atom is 0.123 e. The molecule has 0 spiro atoms. The van der Waals surface area contributed by atoms with Gasteiger partial charge in [0, 0.05) is 13.1 Å². The molecule has 0 aliphatic carbocycles. The molecule has 6 nitrogen and oxygen atoms in total. The minimum atomic E-state index is -1.55. The van der Waals surface area contributed by atoms with E-state index in [1.54, 1.807) is 18.2 Å². The first kappa shape index (κ1) is 27.4. The van der Waals surface area contributed by atoms with Crippen molar-refractivity contribution in [3.8, 4) is 11.1 Å². The zero-order valence-corrected chi connectivity index (χ0v) is 19.2. The highest BCUT2D eigenvalue weighted by atomic mass is 19.1. The van der Waals surface area contributed by atoms with Crippen LogP contribution < -0.4 is 10.2 Å². The average molecular weight is 481 g/mol. The number of carboxylic acids is 2. The smallest absolute Gasteiger partial charge is 0.123 e. The summed E-state index contributed by atoms with van der Waals surface area (Å²) in [6.45, 7) is 3.89. The van der Waals surface area contributed by atoms with E-state index in [1.807, 2.05) is 30.2 Å². The lowest BCUT2D eigenvalue weighted by Crippen LogP contribution is -2.26. The van der Waals surface area contributed by atoms with Crippen molar-refractivity contribution in [2.75, 3.05) is 13.1 Å². The van der Waals surface area contributed by atoms with E-state index >= 15 is 0 Å². The zero-order valence-electron chi connectivity index (χ0n) is 19.2. The largest absolute Gasteiger partial charge is 0.545 e. The summed E-state index contributed by atoms with van der Waals surface area (Å²) in [5, 5.41) is 20.7. The number of hydrogen-bond donors (Lipinski definition) is 0. The van der Waals surface area contributed by atoms with Crippen molar-refractivity contribution in [3.63, 3.8) is 0 Å². The van der Waals surface area contributed by atoms with E-state index in [2.05, 4.69) is 12.1 Å². The van der Waals surface area contributed by atoms with Gasteiger partial charge in [-0.1, -0.05) is 55.5 Å². The van der Waals surface area contributed by atoms with Crippen molar-refractivity contribution < 1.29 is 33.4 Å². The fraction of sp³-hybridized carbons (Fsp3) is 0.185. The van der Waals surface area contributed by atoms with Crippen LogP contribution in [0.15, 0.2) is 84.9 Å². The Bertz CT molecular complexity index is 1100. The molecule has 3 aromatic carbocycles. The van der Waals surface area contributed by atoms with Gasteiger partial charge in [-0.15, -0.1) is 0 Å². The van der Waals surface area contributed by atoms with Gasteiger partial charge in [0.2, 0.25) is 0 Å². The third-order valence-corrected chi connectivity index (χ3v) is 4.83. The molecule has 0 saturated carbocycles. The molecule has 0 unspecified atom stereocenters. The van der Waals surface area contributed by atoms with Gasteiger partial charge in [-0.25, -0.2) is 8.78 Å². The third-order valence-electron chi connectivity index (χ3n) is 4.83. The number of benzene rings is 3. The molecule has 0 heterocycles. The van der Waals surface area contributed by atoms with Gasteiger partial charge in [0.1, 0.15) is 11.6 Å². The lowest BCUT2D eigenvalue weighted by atomic mass is 10.00. The Hall–Kier alpha value is -3.88. The minimum absolute atomic E-state index is 0.314. The molecule has 35 heavy (non-hydrogen) atoms. The Morgan fingerprint density at radius 2 is 1.49 bits per heavy atom. The molecule has 0 amide bonds. The van der Waals surface area contributed by atoms with E-state index < -0.39 is 11.9 Å². The van der Waals surface area contributed by atoms with Crippen molar-refractivity contribution in [3.05, 3.63) is 108 Å². The number of rotatable bonds is 10. The van der Waals surface area contributed by atoms with Gasteiger partial charge in [-0.05, 0) is 65.1 Å². The van der Waals surface area contributed by atoms with Gasteiger partial charge in [-0.2, -0.15) is 5.06 Å². The summed E-state index contributed by atoms with van der Waals surface area (Å²) in [6, 6.07) is 20.9. The average Bonchev–Trinajstić information content (AvgIpc) is 2.85. The quantitative estimate of drug-likeness (QED) is 0.327. The second-order valence-corrected chi connectivity index (χ2v) is 7.31. The normalized spacial score (nSPS) is 10.7. The van der Waals surface area contributed by atoms with Gasteiger partial charge < -0.3 is 19.8 Å². The first-order valence-corrected chi connectivity index (χ1v) is 10.8. The van der Waals surface area contributed by atoms with Crippen LogP contribution in [-0.4, -0.2) is 30.1 Å². The van der Waals surface area contributed by atoms with Crippen LogP contribution >= 0.6 is 0 Å². The lowest BCUT2D eigenvalue weighted by molar-refractivity contribution is -0.301. The van der Waals surface area contributed by atoms with E-state index in [1.165, 1.54) is 29.8 Å². The molecule has 184 valence electrons. The molecule has 0 atom stereocenters. The van der Waals surface area contributed by atoms with Crippen LogP contribution in [0.5, 0.6) is 0 Å². The van der Waals surface area contributed by atoms with Crippen molar-refractivity contribution in [2.24, 2.45) is 0 Å². The van der Waals surface area contributed by atoms with Gasteiger partial charge in [-0.3, -0.25) is 4.84 Å². The number of carbonyl (C=O) groups excluding carboxylic acids is 2. The third kappa shape index (κ3) is 10.3. The van der Waals surface area contributed by atoms with Gasteiger partial charge in [0.25, 0.3) is 0 Å². The molecular formula is C27H25F2NO5-2. The molecule has 0 N–H and O–H groups in total. The molecule has 0 bridgehead atoms. The topological polar surface area (TPSA) is 92.7 Å². The molecule has 0 radical (unpaired) electrons. The van der Waals surface area contributed by atoms with E-state index in [4.69, 9.17) is 4.84 Å². The molecule has 0 fully saturated rings.